The molecule has 1 nitrogen and oxygen atoms in total. The number of nitriles is 1. The Morgan fingerprint density at radius 2 is 1.92 bits per heavy atom. The van der Waals surface area contributed by atoms with Crippen LogP contribution in [0.25, 0.3) is 0 Å². The van der Waals surface area contributed by atoms with E-state index in [-0.39, 0.29) is 0 Å². The molecule has 0 saturated heterocycles. The minimum Gasteiger partial charge on any atom is -0.186 e. The number of thiocyanates is 1. The zero-order valence-electron chi connectivity index (χ0n) is 8.37. The molecule has 13 heavy (non-hydrogen) atoms. The molecule has 0 atom stereocenters. The van der Waals surface area contributed by atoms with Gasteiger partial charge in [-0.1, -0.05) is 25.1 Å². The topological polar surface area (TPSA) is 23.8 Å². The van der Waals surface area contributed by atoms with E-state index in [4.69, 9.17) is 5.26 Å². The van der Waals surface area contributed by atoms with Crippen LogP contribution in [-0.4, -0.2) is 12.5 Å². The molecule has 0 unspecified atom stereocenters. The molecule has 0 radical (unpaired) electrons. The lowest BCUT2D eigenvalue weighted by atomic mass is 10.2. The van der Waals surface area contributed by atoms with Gasteiger partial charge in [0.25, 0.3) is 0 Å². The fourth-order valence-electron chi connectivity index (χ4n) is 1.34. The van der Waals surface area contributed by atoms with Crippen LogP contribution in [0.5, 0.6) is 0 Å². The Bertz CT molecular complexity index is 336. The average Bonchev–Trinajstić information content (AvgIpc) is 2.18. The molecule has 0 aliphatic rings. The summed E-state index contributed by atoms with van der Waals surface area (Å²) < 4.78 is 0. The van der Waals surface area contributed by atoms with Gasteiger partial charge in [0.1, 0.15) is 5.40 Å². The first-order chi connectivity index (χ1) is 6.11. The zero-order chi connectivity index (χ0) is 9.90. The van der Waals surface area contributed by atoms with Crippen LogP contribution in [0.1, 0.15) is 12.5 Å². The molecule has 0 saturated carbocycles. The van der Waals surface area contributed by atoms with Crippen LogP contribution in [-0.2, 0) is 6.42 Å². The van der Waals surface area contributed by atoms with Gasteiger partial charge in [0.05, 0.1) is 0 Å². The molecular formula is C11H15NS. The van der Waals surface area contributed by atoms with E-state index in [0.717, 1.165) is 6.42 Å². The van der Waals surface area contributed by atoms with Crippen molar-refractivity contribution in [2.24, 2.45) is 0 Å². The van der Waals surface area contributed by atoms with Crippen molar-refractivity contribution in [2.75, 3.05) is 12.5 Å². The summed E-state index contributed by atoms with van der Waals surface area (Å²) >= 11 is 0. The molecule has 70 valence electrons. The third-order valence-electron chi connectivity index (χ3n) is 2.13. The first-order valence-electron chi connectivity index (χ1n) is 4.34. The number of nitrogens with zero attached hydrogens (tertiary/aromatic N) is 1. The largest absolute Gasteiger partial charge is 0.186 e. The molecule has 0 amide bonds. The summed E-state index contributed by atoms with van der Waals surface area (Å²) in [6.07, 6.45) is 5.09. The Morgan fingerprint density at radius 1 is 1.31 bits per heavy atom. The molecular weight excluding hydrogens is 178 g/mol. The van der Waals surface area contributed by atoms with Crippen LogP contribution in [0.3, 0.4) is 0 Å². The SMILES string of the molecule is CCc1ccccc1S(C)(C)C#N. The highest BCUT2D eigenvalue weighted by atomic mass is 32.3. The molecule has 0 aliphatic carbocycles. The summed E-state index contributed by atoms with van der Waals surface area (Å²) in [5.74, 6) is 0. The molecule has 0 N–H and O–H groups in total. The maximum absolute atomic E-state index is 9.05. The van der Waals surface area contributed by atoms with Crippen molar-refractivity contribution >= 4 is 10.0 Å². The Balaban J connectivity index is 3.22. The number of hydrogen-bond donors (Lipinski definition) is 0. The van der Waals surface area contributed by atoms with E-state index in [1.54, 1.807) is 0 Å². The van der Waals surface area contributed by atoms with Crippen LogP contribution < -0.4 is 0 Å². The zero-order valence-corrected chi connectivity index (χ0v) is 9.19. The Labute approximate surface area is 81.7 Å². The van der Waals surface area contributed by atoms with Gasteiger partial charge < -0.3 is 0 Å². The number of aryl methyl sites for hydroxylation is 1. The lowest BCUT2D eigenvalue weighted by Gasteiger charge is -2.24. The summed E-state index contributed by atoms with van der Waals surface area (Å²) in [5.41, 5.74) is 1.31. The Hall–Kier alpha value is -0.940. The van der Waals surface area contributed by atoms with Crippen molar-refractivity contribution in [1.29, 1.82) is 5.26 Å². The van der Waals surface area contributed by atoms with E-state index in [2.05, 4.69) is 24.5 Å². The predicted molar refractivity (Wildman–Crippen MR) is 59.1 cm³/mol. The molecule has 1 aromatic carbocycles. The Kier molecular flexibility index (Phi) is 3.00. The maximum atomic E-state index is 9.05. The molecule has 1 aromatic rings. The van der Waals surface area contributed by atoms with E-state index in [9.17, 15) is 0 Å². The highest BCUT2D eigenvalue weighted by Gasteiger charge is 2.15. The van der Waals surface area contributed by atoms with E-state index >= 15 is 0 Å². The monoisotopic (exact) mass is 193 g/mol. The molecule has 0 spiro atoms. The van der Waals surface area contributed by atoms with Crippen molar-refractivity contribution in [1.82, 2.24) is 0 Å². The summed E-state index contributed by atoms with van der Waals surface area (Å²) in [5, 5.41) is 11.5. The van der Waals surface area contributed by atoms with Crippen LogP contribution >= 0.6 is 10.0 Å². The quantitative estimate of drug-likeness (QED) is 0.662. The van der Waals surface area contributed by atoms with Crippen molar-refractivity contribution < 1.29 is 0 Å². The highest BCUT2D eigenvalue weighted by molar-refractivity contribution is 8.36. The molecule has 0 aliphatic heterocycles. The predicted octanol–water partition coefficient (Wildman–Crippen LogP) is 3.15. The van der Waals surface area contributed by atoms with Crippen molar-refractivity contribution in [3.8, 4) is 5.40 Å². The summed E-state index contributed by atoms with van der Waals surface area (Å²) in [6, 6.07) is 8.24. The van der Waals surface area contributed by atoms with Crippen LogP contribution in [0.15, 0.2) is 29.2 Å². The van der Waals surface area contributed by atoms with Gasteiger partial charge >= 0.3 is 0 Å². The molecule has 2 heteroatoms. The minimum absolute atomic E-state index is 1.01. The van der Waals surface area contributed by atoms with Gasteiger partial charge in [0, 0.05) is 4.90 Å². The number of hydrogen-bond acceptors (Lipinski definition) is 1. The fraction of sp³-hybridized carbons (Fsp3) is 0.364. The normalized spacial score (nSPS) is 12.2. The Morgan fingerprint density at radius 3 is 2.46 bits per heavy atom. The van der Waals surface area contributed by atoms with E-state index in [1.807, 2.05) is 24.6 Å². The van der Waals surface area contributed by atoms with Crippen molar-refractivity contribution in [2.45, 2.75) is 18.2 Å². The van der Waals surface area contributed by atoms with Crippen LogP contribution in [0.2, 0.25) is 0 Å². The third-order valence-corrected chi connectivity index (χ3v) is 4.09. The minimum atomic E-state index is -1.24. The van der Waals surface area contributed by atoms with Gasteiger partial charge in [0.15, 0.2) is 0 Å². The maximum Gasteiger partial charge on any atom is 0.117 e. The second-order valence-corrected chi connectivity index (χ2v) is 6.66. The summed E-state index contributed by atoms with van der Waals surface area (Å²) in [6.45, 7) is 2.13. The molecule has 0 fully saturated rings. The molecule has 0 heterocycles. The number of rotatable bonds is 2. The van der Waals surface area contributed by atoms with E-state index in [0.29, 0.717) is 0 Å². The highest BCUT2D eigenvalue weighted by Crippen LogP contribution is 2.49. The van der Waals surface area contributed by atoms with Crippen LogP contribution in [0, 0.1) is 10.7 Å². The van der Waals surface area contributed by atoms with E-state index in [1.165, 1.54) is 10.5 Å². The molecule has 1 rings (SSSR count). The van der Waals surface area contributed by atoms with Gasteiger partial charge in [-0.2, -0.15) is 5.26 Å². The number of benzene rings is 1. The molecule has 0 aromatic heterocycles. The van der Waals surface area contributed by atoms with Crippen molar-refractivity contribution in [3.63, 3.8) is 0 Å². The molecule has 0 bridgehead atoms. The van der Waals surface area contributed by atoms with Crippen molar-refractivity contribution in [3.05, 3.63) is 29.8 Å². The lowest BCUT2D eigenvalue weighted by Crippen LogP contribution is -1.97. The second kappa shape index (κ2) is 3.85. The van der Waals surface area contributed by atoms with Gasteiger partial charge in [-0.3, -0.25) is 0 Å². The van der Waals surface area contributed by atoms with Crippen LogP contribution in [0.4, 0.5) is 0 Å². The fourth-order valence-corrected chi connectivity index (χ4v) is 2.73. The lowest BCUT2D eigenvalue weighted by molar-refractivity contribution is 1.08. The first-order valence-corrected chi connectivity index (χ1v) is 6.79. The van der Waals surface area contributed by atoms with Gasteiger partial charge in [-0.15, -0.1) is 10.0 Å². The standard InChI is InChI=1S/C11H15NS/c1-4-10-7-5-6-8-11(10)13(2,3)9-12/h5-8H,4H2,1-3H3. The second-order valence-electron chi connectivity index (χ2n) is 3.38. The summed E-state index contributed by atoms with van der Waals surface area (Å²) in [4.78, 5) is 1.24. The summed E-state index contributed by atoms with van der Waals surface area (Å²) in [7, 11) is -1.24. The van der Waals surface area contributed by atoms with E-state index < -0.39 is 10.0 Å². The third kappa shape index (κ3) is 2.05. The smallest absolute Gasteiger partial charge is 0.117 e. The van der Waals surface area contributed by atoms with Gasteiger partial charge in [0.2, 0.25) is 0 Å². The average molecular weight is 193 g/mol. The first kappa shape index (κ1) is 10.1. The van der Waals surface area contributed by atoms with Gasteiger partial charge in [-0.05, 0) is 30.6 Å². The van der Waals surface area contributed by atoms with Gasteiger partial charge in [-0.25, -0.2) is 0 Å².